The first-order valence-electron chi connectivity index (χ1n) is 8.20. The second kappa shape index (κ2) is 5.47. The van der Waals surface area contributed by atoms with Crippen molar-refractivity contribution in [2.45, 2.75) is 38.3 Å². The van der Waals surface area contributed by atoms with E-state index in [4.69, 9.17) is 11.6 Å². The van der Waals surface area contributed by atoms with Gasteiger partial charge in [-0.05, 0) is 75.3 Å². The van der Waals surface area contributed by atoms with E-state index < -0.39 is 0 Å². The molecule has 23 heavy (non-hydrogen) atoms. The molecule has 2 bridgehead atoms. The number of fused-ring (bicyclic) bond motifs is 4. The number of carbonyl (C=O) groups is 1. The maximum atomic E-state index is 12.8. The molecule has 122 valence electrons. The van der Waals surface area contributed by atoms with Gasteiger partial charge in [-0.3, -0.25) is 9.69 Å². The van der Waals surface area contributed by atoms with Gasteiger partial charge in [0.15, 0.2) is 0 Å². The van der Waals surface area contributed by atoms with Crippen molar-refractivity contribution in [3.05, 3.63) is 34.2 Å². The summed E-state index contributed by atoms with van der Waals surface area (Å²) < 4.78 is 1.10. The largest absolute Gasteiger partial charge is 0.346 e. The van der Waals surface area contributed by atoms with Crippen LogP contribution in [0.15, 0.2) is 24.3 Å². The van der Waals surface area contributed by atoms with Crippen LogP contribution >= 0.6 is 22.9 Å². The molecule has 0 aliphatic carbocycles. The number of thiophene rings is 1. The predicted octanol–water partition coefficient (Wildman–Crippen LogP) is 4.16. The number of nitrogens with one attached hydrogen (secondary N) is 1. The minimum absolute atomic E-state index is 0.0385. The van der Waals surface area contributed by atoms with Crippen LogP contribution in [0, 0.1) is 5.92 Å². The highest BCUT2D eigenvalue weighted by Gasteiger charge is 2.48. The Morgan fingerprint density at radius 2 is 2.04 bits per heavy atom. The highest BCUT2D eigenvalue weighted by molar-refractivity contribution is 7.20. The van der Waals surface area contributed by atoms with Gasteiger partial charge in [-0.1, -0.05) is 11.6 Å². The molecular weight excluding hydrogens is 328 g/mol. The zero-order valence-electron chi connectivity index (χ0n) is 13.4. The van der Waals surface area contributed by atoms with Gasteiger partial charge in [0.25, 0.3) is 5.91 Å². The van der Waals surface area contributed by atoms with E-state index in [0.717, 1.165) is 28.1 Å². The Kier molecular flexibility index (Phi) is 3.67. The lowest BCUT2D eigenvalue weighted by Crippen LogP contribution is -2.69. The van der Waals surface area contributed by atoms with Crippen LogP contribution in [0.25, 0.3) is 10.1 Å². The highest BCUT2D eigenvalue weighted by Crippen LogP contribution is 2.39. The Labute approximate surface area is 145 Å². The van der Waals surface area contributed by atoms with Crippen molar-refractivity contribution in [1.29, 1.82) is 0 Å². The van der Waals surface area contributed by atoms with Gasteiger partial charge in [0.05, 0.1) is 4.88 Å². The van der Waals surface area contributed by atoms with Gasteiger partial charge in [-0.25, -0.2) is 0 Å². The van der Waals surface area contributed by atoms with Crippen molar-refractivity contribution in [3.8, 4) is 0 Å². The molecule has 1 N–H and O–H groups in total. The lowest BCUT2D eigenvalue weighted by molar-refractivity contribution is -0.0377. The van der Waals surface area contributed by atoms with Gasteiger partial charge in [-0.2, -0.15) is 0 Å². The van der Waals surface area contributed by atoms with Crippen LogP contribution < -0.4 is 5.32 Å². The summed E-state index contributed by atoms with van der Waals surface area (Å²) in [5.74, 6) is 0.650. The molecule has 2 aromatic rings. The van der Waals surface area contributed by atoms with Crippen LogP contribution in [0.4, 0.5) is 0 Å². The smallest absolute Gasteiger partial charge is 0.261 e. The number of halogens is 1. The zero-order chi connectivity index (χ0) is 16.2. The average Bonchev–Trinajstić information content (AvgIpc) is 2.94. The normalized spacial score (nSPS) is 28.9. The van der Waals surface area contributed by atoms with E-state index in [1.807, 2.05) is 24.3 Å². The molecule has 1 amide bonds. The molecule has 0 saturated carbocycles. The van der Waals surface area contributed by atoms with Crippen LogP contribution in [0.2, 0.25) is 5.02 Å². The molecule has 4 heterocycles. The number of carbonyl (C=O) groups excluding carboxylic acids is 1. The fraction of sp³-hybridized carbons (Fsp3) is 0.500. The van der Waals surface area contributed by atoms with Crippen molar-refractivity contribution in [2.24, 2.45) is 5.92 Å². The third-order valence-electron chi connectivity index (χ3n) is 5.58. The fourth-order valence-electron chi connectivity index (χ4n) is 4.22. The molecule has 0 spiro atoms. The van der Waals surface area contributed by atoms with E-state index in [1.165, 1.54) is 24.2 Å². The Morgan fingerprint density at radius 3 is 2.74 bits per heavy atom. The third-order valence-corrected chi connectivity index (χ3v) is 6.93. The first kappa shape index (κ1) is 15.4. The van der Waals surface area contributed by atoms with Crippen LogP contribution in [0.1, 0.15) is 36.4 Å². The van der Waals surface area contributed by atoms with E-state index in [-0.39, 0.29) is 17.5 Å². The van der Waals surface area contributed by atoms with Gasteiger partial charge < -0.3 is 5.32 Å². The molecule has 1 aromatic carbocycles. The van der Waals surface area contributed by atoms with Crippen LogP contribution in [0.3, 0.4) is 0 Å². The minimum atomic E-state index is 0.0385. The molecule has 1 atom stereocenters. The Bertz CT molecular complexity index is 761. The first-order valence-corrected chi connectivity index (χ1v) is 9.39. The summed E-state index contributed by atoms with van der Waals surface area (Å²) in [5.41, 5.74) is 0.0385. The van der Waals surface area contributed by atoms with Crippen LogP contribution in [-0.4, -0.2) is 35.5 Å². The van der Waals surface area contributed by atoms with E-state index in [9.17, 15) is 4.79 Å². The van der Waals surface area contributed by atoms with E-state index in [2.05, 4.69) is 24.1 Å². The summed E-state index contributed by atoms with van der Waals surface area (Å²) in [6, 6.07) is 7.96. The Hall–Kier alpha value is -1.10. The first-order chi connectivity index (χ1) is 10.9. The van der Waals surface area contributed by atoms with Crippen molar-refractivity contribution in [2.75, 3.05) is 13.1 Å². The van der Waals surface area contributed by atoms with Gasteiger partial charge >= 0.3 is 0 Å². The van der Waals surface area contributed by atoms with E-state index in [0.29, 0.717) is 10.9 Å². The molecule has 3 aliphatic rings. The summed E-state index contributed by atoms with van der Waals surface area (Å²) in [5, 5.41) is 5.08. The Morgan fingerprint density at radius 1 is 1.30 bits per heavy atom. The zero-order valence-corrected chi connectivity index (χ0v) is 15.0. The lowest BCUT2D eigenvalue weighted by Gasteiger charge is -2.56. The second-order valence-electron chi connectivity index (χ2n) is 7.22. The van der Waals surface area contributed by atoms with Gasteiger partial charge in [0, 0.05) is 21.3 Å². The topological polar surface area (TPSA) is 32.3 Å². The van der Waals surface area contributed by atoms with Crippen molar-refractivity contribution >= 4 is 38.9 Å². The van der Waals surface area contributed by atoms with Crippen molar-refractivity contribution in [3.63, 3.8) is 0 Å². The summed E-state index contributed by atoms with van der Waals surface area (Å²) in [4.78, 5) is 16.1. The van der Waals surface area contributed by atoms with Crippen molar-refractivity contribution < 1.29 is 4.79 Å². The molecule has 0 radical (unpaired) electrons. The number of benzene rings is 1. The summed E-state index contributed by atoms with van der Waals surface area (Å²) >= 11 is 7.58. The minimum Gasteiger partial charge on any atom is -0.346 e. The van der Waals surface area contributed by atoms with Gasteiger partial charge in [0.1, 0.15) is 0 Å². The molecule has 3 aliphatic heterocycles. The number of hydrogen-bond acceptors (Lipinski definition) is 3. The molecule has 3 saturated heterocycles. The van der Waals surface area contributed by atoms with Crippen LogP contribution in [0.5, 0.6) is 0 Å². The summed E-state index contributed by atoms with van der Waals surface area (Å²) in [6.45, 7) is 6.83. The van der Waals surface area contributed by atoms with E-state index >= 15 is 0 Å². The number of hydrogen-bond donors (Lipinski definition) is 1. The number of nitrogens with zero attached hydrogens (tertiary/aromatic N) is 1. The van der Waals surface area contributed by atoms with Gasteiger partial charge in [0.2, 0.25) is 0 Å². The molecule has 3 nitrogen and oxygen atoms in total. The number of amides is 1. The molecule has 5 heteroatoms. The molecular formula is C18H21ClN2OS. The van der Waals surface area contributed by atoms with Crippen LogP contribution in [-0.2, 0) is 0 Å². The second-order valence-corrected chi connectivity index (χ2v) is 8.74. The SMILES string of the molecule is CC1(C)[C@H](NC(=O)c2cc3cc(Cl)ccc3s2)C2CCN1CC2. The maximum Gasteiger partial charge on any atom is 0.261 e. The number of piperidine rings is 3. The van der Waals surface area contributed by atoms with Gasteiger partial charge in [-0.15, -0.1) is 11.3 Å². The lowest BCUT2D eigenvalue weighted by atomic mass is 9.72. The summed E-state index contributed by atoms with van der Waals surface area (Å²) in [7, 11) is 0. The Balaban J connectivity index is 1.59. The van der Waals surface area contributed by atoms with Crippen molar-refractivity contribution in [1.82, 2.24) is 10.2 Å². The van der Waals surface area contributed by atoms with E-state index in [1.54, 1.807) is 0 Å². The molecule has 1 aromatic heterocycles. The molecule has 0 unspecified atom stereocenters. The fourth-order valence-corrected chi connectivity index (χ4v) is 5.34. The molecule has 5 rings (SSSR count). The maximum absolute atomic E-state index is 12.8. The third kappa shape index (κ3) is 2.57. The monoisotopic (exact) mass is 348 g/mol. The average molecular weight is 349 g/mol. The highest BCUT2D eigenvalue weighted by atomic mass is 35.5. The predicted molar refractivity (Wildman–Crippen MR) is 96.5 cm³/mol. The summed E-state index contributed by atoms with van der Waals surface area (Å²) in [6.07, 6.45) is 2.38. The number of rotatable bonds is 2. The standard InChI is InChI=1S/C18H21ClN2OS/c1-18(2)16(11-5-7-21(18)8-6-11)20-17(22)15-10-12-9-13(19)3-4-14(12)23-15/h3-4,9-11,16H,5-8H2,1-2H3,(H,20,22)/t16-/m1/s1. The quantitative estimate of drug-likeness (QED) is 0.883. The molecule has 3 fully saturated rings.